The summed E-state index contributed by atoms with van der Waals surface area (Å²) in [6, 6.07) is 7.87. The predicted octanol–water partition coefficient (Wildman–Crippen LogP) is 2.13. The molecule has 7 heteroatoms. The maximum Gasteiger partial charge on any atom is 0.226 e. The normalized spacial score (nSPS) is 20.8. The molecule has 154 valence electrons. The van der Waals surface area contributed by atoms with Crippen molar-refractivity contribution in [2.75, 3.05) is 63.3 Å². The van der Waals surface area contributed by atoms with Crippen LogP contribution in [0.4, 0.5) is 11.4 Å². The van der Waals surface area contributed by atoms with Gasteiger partial charge in [-0.3, -0.25) is 9.59 Å². The second-order valence-electron chi connectivity index (χ2n) is 7.41. The molecule has 0 aromatic heterocycles. The second-order valence-corrected chi connectivity index (χ2v) is 7.41. The summed E-state index contributed by atoms with van der Waals surface area (Å²) in [5.41, 5.74) is 1.90. The molecule has 1 unspecified atom stereocenters. The van der Waals surface area contributed by atoms with Crippen LogP contribution in [0.3, 0.4) is 0 Å². The molecule has 2 heterocycles. The quantitative estimate of drug-likeness (QED) is 0.774. The van der Waals surface area contributed by atoms with Crippen LogP contribution in [0, 0.1) is 5.92 Å². The maximum atomic E-state index is 12.7. The number of benzene rings is 1. The zero-order valence-electron chi connectivity index (χ0n) is 16.7. The number of nitrogens with zero attached hydrogens (tertiary/aromatic N) is 2. The first-order valence-electron chi connectivity index (χ1n) is 10.2. The topological polar surface area (TPSA) is 71.1 Å². The van der Waals surface area contributed by atoms with Gasteiger partial charge in [0.1, 0.15) is 0 Å². The van der Waals surface area contributed by atoms with Crippen LogP contribution in [-0.2, 0) is 19.1 Å². The Labute approximate surface area is 167 Å². The molecule has 1 atom stereocenters. The number of morpholine rings is 1. The summed E-state index contributed by atoms with van der Waals surface area (Å²) >= 11 is 0. The SMILES string of the molecule is COCCN1CCCCC(CC(=O)Nc2ccc(N3CCOCC3)cc2)C1=O. The number of hydrogen-bond donors (Lipinski definition) is 1. The van der Waals surface area contributed by atoms with Crippen LogP contribution in [0.25, 0.3) is 0 Å². The summed E-state index contributed by atoms with van der Waals surface area (Å²) in [6.07, 6.45) is 2.96. The molecule has 28 heavy (non-hydrogen) atoms. The molecule has 2 aliphatic heterocycles. The van der Waals surface area contributed by atoms with Crippen LogP contribution in [0.1, 0.15) is 25.7 Å². The number of methoxy groups -OCH3 is 1. The molecule has 1 aromatic carbocycles. The summed E-state index contributed by atoms with van der Waals surface area (Å²) in [5.74, 6) is -0.273. The van der Waals surface area contributed by atoms with E-state index in [-0.39, 0.29) is 24.2 Å². The van der Waals surface area contributed by atoms with Gasteiger partial charge in [0.25, 0.3) is 0 Å². The lowest BCUT2D eigenvalue weighted by molar-refractivity contribution is -0.137. The van der Waals surface area contributed by atoms with Gasteiger partial charge < -0.3 is 24.6 Å². The lowest BCUT2D eigenvalue weighted by Gasteiger charge is -2.29. The third-order valence-electron chi connectivity index (χ3n) is 5.42. The Hall–Kier alpha value is -2.12. The van der Waals surface area contributed by atoms with E-state index in [1.165, 1.54) is 0 Å². The fourth-order valence-corrected chi connectivity index (χ4v) is 3.81. The summed E-state index contributed by atoms with van der Waals surface area (Å²) in [6.45, 7) is 5.13. The van der Waals surface area contributed by atoms with E-state index in [1.54, 1.807) is 7.11 Å². The Kier molecular flexibility index (Phi) is 7.68. The van der Waals surface area contributed by atoms with Crippen LogP contribution >= 0.6 is 0 Å². The van der Waals surface area contributed by atoms with Gasteiger partial charge in [0.2, 0.25) is 11.8 Å². The number of ether oxygens (including phenoxy) is 2. The van der Waals surface area contributed by atoms with E-state index in [4.69, 9.17) is 9.47 Å². The van der Waals surface area contributed by atoms with E-state index < -0.39 is 0 Å². The maximum absolute atomic E-state index is 12.7. The Balaban J connectivity index is 1.53. The van der Waals surface area contributed by atoms with Crippen molar-refractivity contribution < 1.29 is 19.1 Å². The van der Waals surface area contributed by atoms with Crippen molar-refractivity contribution in [3.8, 4) is 0 Å². The first kappa shape index (κ1) is 20.6. The largest absolute Gasteiger partial charge is 0.383 e. The Morgan fingerprint density at radius 1 is 1.18 bits per heavy atom. The van der Waals surface area contributed by atoms with Crippen LogP contribution in [-0.4, -0.2) is 69.8 Å². The number of likely N-dealkylation sites (tertiary alicyclic amines) is 1. The molecule has 3 rings (SSSR count). The Morgan fingerprint density at radius 2 is 1.93 bits per heavy atom. The summed E-state index contributed by atoms with van der Waals surface area (Å²) in [5, 5.41) is 2.94. The molecule has 1 aromatic rings. The third-order valence-corrected chi connectivity index (χ3v) is 5.42. The van der Waals surface area contributed by atoms with Gasteiger partial charge in [-0.05, 0) is 37.1 Å². The first-order chi connectivity index (χ1) is 13.7. The molecule has 0 radical (unpaired) electrons. The van der Waals surface area contributed by atoms with E-state index in [1.807, 2.05) is 29.2 Å². The molecule has 2 amide bonds. The van der Waals surface area contributed by atoms with Crippen molar-refractivity contribution in [2.24, 2.45) is 5.92 Å². The first-order valence-corrected chi connectivity index (χ1v) is 10.2. The minimum atomic E-state index is -0.244. The number of rotatable bonds is 7. The van der Waals surface area contributed by atoms with Gasteiger partial charge in [0.15, 0.2) is 0 Å². The number of anilines is 2. The molecule has 2 fully saturated rings. The van der Waals surface area contributed by atoms with E-state index in [0.29, 0.717) is 13.2 Å². The molecule has 0 spiro atoms. The van der Waals surface area contributed by atoms with Crippen LogP contribution in [0.2, 0.25) is 0 Å². The molecule has 2 saturated heterocycles. The van der Waals surface area contributed by atoms with Gasteiger partial charge in [-0.25, -0.2) is 0 Å². The third kappa shape index (κ3) is 5.69. The molecular weight excluding hydrogens is 358 g/mol. The number of hydrogen-bond acceptors (Lipinski definition) is 5. The monoisotopic (exact) mass is 389 g/mol. The number of carbonyl (C=O) groups excluding carboxylic acids is 2. The minimum Gasteiger partial charge on any atom is -0.383 e. The van der Waals surface area contributed by atoms with Crippen molar-refractivity contribution in [3.05, 3.63) is 24.3 Å². The van der Waals surface area contributed by atoms with Gasteiger partial charge >= 0.3 is 0 Å². The highest BCUT2D eigenvalue weighted by Gasteiger charge is 2.28. The number of nitrogens with one attached hydrogen (secondary N) is 1. The van der Waals surface area contributed by atoms with Gasteiger partial charge in [0.05, 0.1) is 19.8 Å². The van der Waals surface area contributed by atoms with Crippen molar-refractivity contribution in [2.45, 2.75) is 25.7 Å². The summed E-state index contributed by atoms with van der Waals surface area (Å²) in [4.78, 5) is 29.4. The lowest BCUT2D eigenvalue weighted by Crippen LogP contribution is -2.38. The fourth-order valence-electron chi connectivity index (χ4n) is 3.81. The lowest BCUT2D eigenvalue weighted by atomic mass is 9.98. The highest BCUT2D eigenvalue weighted by molar-refractivity contribution is 5.94. The fraction of sp³-hybridized carbons (Fsp3) is 0.619. The van der Waals surface area contributed by atoms with Crippen molar-refractivity contribution >= 4 is 23.2 Å². The predicted molar refractivity (Wildman–Crippen MR) is 109 cm³/mol. The Bertz CT molecular complexity index is 644. The van der Waals surface area contributed by atoms with Crippen LogP contribution < -0.4 is 10.2 Å². The molecular formula is C21H31N3O4. The van der Waals surface area contributed by atoms with Crippen LogP contribution in [0.15, 0.2) is 24.3 Å². The zero-order chi connectivity index (χ0) is 19.8. The number of carbonyl (C=O) groups is 2. The number of amides is 2. The van der Waals surface area contributed by atoms with Gasteiger partial charge in [-0.1, -0.05) is 6.42 Å². The molecule has 0 bridgehead atoms. The van der Waals surface area contributed by atoms with Crippen molar-refractivity contribution in [1.29, 1.82) is 0 Å². The summed E-state index contributed by atoms with van der Waals surface area (Å²) in [7, 11) is 1.64. The van der Waals surface area contributed by atoms with Crippen LogP contribution in [0.5, 0.6) is 0 Å². The van der Waals surface area contributed by atoms with Gasteiger partial charge in [0, 0.05) is 57.0 Å². The summed E-state index contributed by atoms with van der Waals surface area (Å²) < 4.78 is 10.5. The average molecular weight is 389 g/mol. The van der Waals surface area contributed by atoms with Crippen molar-refractivity contribution in [1.82, 2.24) is 4.90 Å². The smallest absolute Gasteiger partial charge is 0.226 e. The second kappa shape index (κ2) is 10.4. The van der Waals surface area contributed by atoms with E-state index in [0.717, 1.165) is 63.5 Å². The van der Waals surface area contributed by atoms with Crippen molar-refractivity contribution in [3.63, 3.8) is 0 Å². The highest BCUT2D eigenvalue weighted by Crippen LogP contribution is 2.23. The molecule has 1 N–H and O–H groups in total. The standard InChI is InChI=1S/C21H31N3O4/c1-27-13-10-24-9-3-2-4-17(21(24)26)16-20(25)22-18-5-7-19(8-6-18)23-11-14-28-15-12-23/h5-8,17H,2-4,9-16H2,1H3,(H,22,25). The molecule has 7 nitrogen and oxygen atoms in total. The van der Waals surface area contributed by atoms with E-state index in [2.05, 4.69) is 10.2 Å². The highest BCUT2D eigenvalue weighted by atomic mass is 16.5. The minimum absolute atomic E-state index is 0.0763. The molecule has 0 saturated carbocycles. The van der Waals surface area contributed by atoms with Gasteiger partial charge in [-0.15, -0.1) is 0 Å². The Morgan fingerprint density at radius 3 is 2.64 bits per heavy atom. The average Bonchev–Trinajstić information content (AvgIpc) is 2.89. The van der Waals surface area contributed by atoms with Gasteiger partial charge in [-0.2, -0.15) is 0 Å². The van der Waals surface area contributed by atoms with E-state index >= 15 is 0 Å². The zero-order valence-corrected chi connectivity index (χ0v) is 16.7. The molecule has 2 aliphatic rings. The van der Waals surface area contributed by atoms with E-state index in [9.17, 15) is 9.59 Å². The molecule has 0 aliphatic carbocycles.